The largest absolute Gasteiger partial charge is 0.356 e. The van der Waals surface area contributed by atoms with Gasteiger partial charge in [-0.1, -0.05) is 18.2 Å². The Balaban J connectivity index is 1.23. The number of piperidine rings is 1. The highest BCUT2D eigenvalue weighted by molar-refractivity contribution is 5.76. The first kappa shape index (κ1) is 23.3. The molecule has 1 saturated heterocycles. The molecule has 9 heteroatoms. The zero-order valence-corrected chi connectivity index (χ0v) is 19.4. The minimum atomic E-state index is -0.143. The molecule has 0 unspecified atom stereocenters. The Labute approximate surface area is 193 Å². The van der Waals surface area contributed by atoms with Crippen LogP contribution in [0.15, 0.2) is 24.3 Å². The Morgan fingerprint density at radius 3 is 2.70 bits per heavy atom. The molecule has 0 aliphatic carbocycles. The van der Waals surface area contributed by atoms with E-state index in [0.717, 1.165) is 48.4 Å². The molecule has 8 nitrogen and oxygen atoms in total. The second kappa shape index (κ2) is 10.4. The van der Waals surface area contributed by atoms with E-state index in [1.165, 1.54) is 6.07 Å². The fourth-order valence-corrected chi connectivity index (χ4v) is 4.50. The molecule has 0 radical (unpaired) electrons. The summed E-state index contributed by atoms with van der Waals surface area (Å²) in [5.41, 5.74) is 9.22. The van der Waals surface area contributed by atoms with Gasteiger partial charge >= 0.3 is 0 Å². The van der Waals surface area contributed by atoms with Gasteiger partial charge in [0.25, 0.3) is 5.78 Å². The topological polar surface area (TPSA) is 101 Å². The van der Waals surface area contributed by atoms with Crippen molar-refractivity contribution in [3.05, 3.63) is 58.4 Å². The minimum absolute atomic E-state index is 0.0453. The number of aryl methyl sites for hydroxylation is 2. The molecule has 0 bridgehead atoms. The summed E-state index contributed by atoms with van der Waals surface area (Å²) in [5, 5.41) is 7.48. The lowest BCUT2D eigenvalue weighted by Gasteiger charge is -2.32. The van der Waals surface area contributed by atoms with Crippen LogP contribution in [-0.4, -0.2) is 50.0 Å². The number of amides is 1. The van der Waals surface area contributed by atoms with Crippen molar-refractivity contribution in [1.29, 1.82) is 0 Å². The van der Waals surface area contributed by atoms with Crippen LogP contribution < -0.4 is 11.1 Å². The van der Waals surface area contributed by atoms with E-state index in [-0.39, 0.29) is 18.3 Å². The van der Waals surface area contributed by atoms with Crippen LogP contribution in [0.5, 0.6) is 0 Å². The van der Waals surface area contributed by atoms with Crippen molar-refractivity contribution in [3.8, 4) is 0 Å². The number of rotatable bonds is 8. The summed E-state index contributed by atoms with van der Waals surface area (Å²) >= 11 is 0. The summed E-state index contributed by atoms with van der Waals surface area (Å²) in [6.45, 7) is 7.34. The minimum Gasteiger partial charge on any atom is -0.356 e. The molecular formula is C24H32FN7O. The molecule has 3 aromatic rings. The van der Waals surface area contributed by atoms with Crippen molar-refractivity contribution in [2.45, 2.75) is 52.6 Å². The van der Waals surface area contributed by atoms with E-state index in [4.69, 9.17) is 5.73 Å². The van der Waals surface area contributed by atoms with Gasteiger partial charge in [-0.05, 0) is 63.7 Å². The predicted molar refractivity (Wildman–Crippen MR) is 124 cm³/mol. The van der Waals surface area contributed by atoms with Crippen LogP contribution in [0, 0.1) is 25.6 Å². The summed E-state index contributed by atoms with van der Waals surface area (Å²) in [4.78, 5) is 23.6. The summed E-state index contributed by atoms with van der Waals surface area (Å²) in [6, 6.07) is 6.95. The van der Waals surface area contributed by atoms with Crippen LogP contribution >= 0.6 is 0 Å². The molecule has 0 atom stereocenters. The van der Waals surface area contributed by atoms with Gasteiger partial charge in [0.15, 0.2) is 5.82 Å². The number of carbonyl (C=O) groups excluding carboxylic acids is 1. The third kappa shape index (κ3) is 5.54. The highest BCUT2D eigenvalue weighted by atomic mass is 19.1. The van der Waals surface area contributed by atoms with Crippen LogP contribution in [0.4, 0.5) is 4.39 Å². The zero-order chi connectivity index (χ0) is 23.4. The van der Waals surface area contributed by atoms with Gasteiger partial charge in [-0.25, -0.2) is 13.9 Å². The number of nitrogens with zero attached hydrogens (tertiary/aromatic N) is 5. The number of fused-ring (bicyclic) bond motifs is 1. The lowest BCUT2D eigenvalue weighted by Crippen LogP contribution is -2.38. The third-order valence-corrected chi connectivity index (χ3v) is 6.52. The number of carbonyl (C=O) groups is 1. The molecule has 1 aliphatic heterocycles. The van der Waals surface area contributed by atoms with Gasteiger partial charge in [0.05, 0.1) is 6.54 Å². The van der Waals surface area contributed by atoms with Crippen LogP contribution in [0.1, 0.15) is 47.6 Å². The summed E-state index contributed by atoms with van der Waals surface area (Å²) in [6.07, 6.45) is 3.01. The third-order valence-electron chi connectivity index (χ3n) is 6.52. The molecule has 1 aromatic carbocycles. The molecule has 1 amide bonds. The Kier molecular flexibility index (Phi) is 7.29. The van der Waals surface area contributed by atoms with E-state index in [1.807, 2.05) is 26.0 Å². The van der Waals surface area contributed by atoms with E-state index in [0.29, 0.717) is 43.5 Å². The Morgan fingerprint density at radius 1 is 1.21 bits per heavy atom. The molecule has 176 valence electrons. The van der Waals surface area contributed by atoms with Crippen molar-refractivity contribution in [2.24, 2.45) is 11.7 Å². The number of nitrogens with one attached hydrogen (secondary N) is 1. The van der Waals surface area contributed by atoms with E-state index >= 15 is 0 Å². The number of likely N-dealkylation sites (tertiary alicyclic amines) is 1. The van der Waals surface area contributed by atoms with E-state index in [9.17, 15) is 9.18 Å². The molecule has 0 spiro atoms. The quantitative estimate of drug-likeness (QED) is 0.543. The van der Waals surface area contributed by atoms with Crippen LogP contribution in [0.3, 0.4) is 0 Å². The van der Waals surface area contributed by atoms with Crippen molar-refractivity contribution in [1.82, 2.24) is 29.8 Å². The molecule has 3 heterocycles. The number of aromatic nitrogens is 4. The molecule has 1 aliphatic rings. The van der Waals surface area contributed by atoms with E-state index < -0.39 is 0 Å². The number of nitrogens with two attached hydrogens (primary N) is 1. The molecule has 4 rings (SSSR count). The molecule has 2 aromatic heterocycles. The van der Waals surface area contributed by atoms with E-state index in [2.05, 4.69) is 25.3 Å². The van der Waals surface area contributed by atoms with Crippen molar-refractivity contribution in [3.63, 3.8) is 0 Å². The monoisotopic (exact) mass is 453 g/mol. The number of halogens is 1. The average Bonchev–Trinajstić information content (AvgIpc) is 3.23. The zero-order valence-electron chi connectivity index (χ0n) is 19.4. The molecule has 33 heavy (non-hydrogen) atoms. The summed E-state index contributed by atoms with van der Waals surface area (Å²) < 4.78 is 15.6. The first-order valence-corrected chi connectivity index (χ1v) is 11.6. The van der Waals surface area contributed by atoms with Gasteiger partial charge in [-0.15, -0.1) is 5.10 Å². The molecule has 1 fully saturated rings. The van der Waals surface area contributed by atoms with Gasteiger partial charge < -0.3 is 11.1 Å². The Hall–Kier alpha value is -2.91. The number of benzene rings is 1. The van der Waals surface area contributed by atoms with Gasteiger partial charge in [-0.3, -0.25) is 9.69 Å². The second-order valence-electron chi connectivity index (χ2n) is 8.82. The van der Waals surface area contributed by atoms with Crippen LogP contribution in [0.25, 0.3) is 5.78 Å². The van der Waals surface area contributed by atoms with Gasteiger partial charge in [0, 0.05) is 36.5 Å². The number of hydrogen-bond donors (Lipinski definition) is 2. The van der Waals surface area contributed by atoms with E-state index in [1.54, 1.807) is 10.6 Å². The van der Waals surface area contributed by atoms with Crippen molar-refractivity contribution >= 4 is 11.7 Å². The van der Waals surface area contributed by atoms with Crippen LogP contribution in [0.2, 0.25) is 0 Å². The normalized spacial score (nSPS) is 15.3. The summed E-state index contributed by atoms with van der Waals surface area (Å²) in [7, 11) is 0. The van der Waals surface area contributed by atoms with Gasteiger partial charge in [0.1, 0.15) is 5.82 Å². The molecule has 0 saturated carbocycles. The smallest absolute Gasteiger partial charge is 0.252 e. The maximum atomic E-state index is 13.9. The van der Waals surface area contributed by atoms with Crippen molar-refractivity contribution < 1.29 is 9.18 Å². The SMILES string of the molecule is Cc1nc2nc(CN)nn2c(C)c1CCC(=O)NCC1CCN(Cc2ccccc2F)CC1. The highest BCUT2D eigenvalue weighted by Gasteiger charge is 2.21. The lowest BCUT2D eigenvalue weighted by molar-refractivity contribution is -0.121. The maximum absolute atomic E-state index is 13.9. The Bertz CT molecular complexity index is 1120. The first-order valence-electron chi connectivity index (χ1n) is 11.6. The molecular weight excluding hydrogens is 421 g/mol. The van der Waals surface area contributed by atoms with Gasteiger partial charge in [0.2, 0.25) is 5.91 Å². The first-order chi connectivity index (χ1) is 15.9. The Morgan fingerprint density at radius 2 is 1.97 bits per heavy atom. The lowest BCUT2D eigenvalue weighted by atomic mass is 9.96. The summed E-state index contributed by atoms with van der Waals surface area (Å²) in [5.74, 6) is 1.45. The second-order valence-corrected chi connectivity index (χ2v) is 8.82. The standard InChI is InChI=1S/C24H32FN7O/c1-16-20(17(2)32-24(28-16)29-22(13-26)30-32)7-8-23(33)27-14-18-9-11-31(12-10-18)15-19-5-3-4-6-21(19)25/h3-6,18H,7-15,26H2,1-2H3,(H,27,33). The maximum Gasteiger partial charge on any atom is 0.252 e. The van der Waals surface area contributed by atoms with Crippen LogP contribution in [-0.2, 0) is 24.3 Å². The number of hydrogen-bond acceptors (Lipinski definition) is 6. The van der Waals surface area contributed by atoms with Gasteiger partial charge in [-0.2, -0.15) is 4.98 Å². The predicted octanol–water partition coefficient (Wildman–Crippen LogP) is 2.30. The highest BCUT2D eigenvalue weighted by Crippen LogP contribution is 2.20. The molecule has 3 N–H and O–H groups in total. The van der Waals surface area contributed by atoms with Crippen molar-refractivity contribution in [2.75, 3.05) is 19.6 Å². The fourth-order valence-electron chi connectivity index (χ4n) is 4.50. The average molecular weight is 454 g/mol. The fraction of sp³-hybridized carbons (Fsp3) is 0.500.